The van der Waals surface area contributed by atoms with Gasteiger partial charge in [0.25, 0.3) is 0 Å². The smallest absolute Gasteiger partial charge is 0.306 e. The summed E-state index contributed by atoms with van der Waals surface area (Å²) < 4.78 is 26.0. The van der Waals surface area contributed by atoms with Gasteiger partial charge in [0.15, 0.2) is 17.3 Å². The van der Waals surface area contributed by atoms with Gasteiger partial charge in [0.2, 0.25) is 18.0 Å². The van der Waals surface area contributed by atoms with Gasteiger partial charge >= 0.3 is 5.97 Å². The molecule has 8 heteroatoms. The Morgan fingerprint density at radius 3 is 2.73 bits per heavy atom. The van der Waals surface area contributed by atoms with E-state index < -0.39 is 23.1 Å². The molecule has 138 valence electrons. The van der Waals surface area contributed by atoms with Crippen LogP contribution in [0.25, 0.3) is 0 Å². The van der Waals surface area contributed by atoms with E-state index in [2.05, 4.69) is 0 Å². The Bertz CT molecular complexity index is 870. The van der Waals surface area contributed by atoms with Crippen molar-refractivity contribution in [1.29, 1.82) is 0 Å². The highest BCUT2D eigenvalue weighted by Crippen LogP contribution is 2.39. The topological polar surface area (TPSA) is 104 Å². The van der Waals surface area contributed by atoms with E-state index in [0.29, 0.717) is 17.1 Å². The molecule has 0 bridgehead atoms. The summed E-state index contributed by atoms with van der Waals surface area (Å²) in [7, 11) is 2.71. The molecular weight excluding hydrogens is 344 g/mol. The predicted molar refractivity (Wildman–Crippen MR) is 88.4 cm³/mol. The quantitative estimate of drug-likeness (QED) is 0.777. The van der Waals surface area contributed by atoms with Gasteiger partial charge in [0, 0.05) is 13.2 Å². The van der Waals surface area contributed by atoms with E-state index in [1.807, 2.05) is 0 Å². The molecule has 0 amide bonds. The zero-order valence-electron chi connectivity index (χ0n) is 14.3. The van der Waals surface area contributed by atoms with Crippen LogP contribution in [0.1, 0.15) is 29.4 Å². The van der Waals surface area contributed by atoms with E-state index in [9.17, 15) is 14.7 Å². The first-order valence-corrected chi connectivity index (χ1v) is 7.84. The number of methoxy groups -OCH3 is 2. The maximum atomic E-state index is 12.1. The van der Waals surface area contributed by atoms with Gasteiger partial charge in [-0.1, -0.05) is 6.07 Å². The zero-order chi connectivity index (χ0) is 18.7. The fourth-order valence-corrected chi connectivity index (χ4v) is 2.75. The highest BCUT2D eigenvalue weighted by molar-refractivity contribution is 5.71. The maximum absolute atomic E-state index is 12.1. The van der Waals surface area contributed by atoms with E-state index in [1.54, 1.807) is 18.2 Å². The molecule has 2 aromatic rings. The molecule has 0 saturated carbocycles. The van der Waals surface area contributed by atoms with Gasteiger partial charge in [0.1, 0.15) is 12.4 Å². The molecule has 1 aliphatic heterocycles. The molecule has 0 fully saturated rings. The molecule has 0 radical (unpaired) electrons. The second kappa shape index (κ2) is 7.49. The summed E-state index contributed by atoms with van der Waals surface area (Å²) >= 11 is 0. The van der Waals surface area contributed by atoms with Crippen LogP contribution in [0.2, 0.25) is 0 Å². The average Bonchev–Trinajstić information content (AvgIpc) is 3.10. The third kappa shape index (κ3) is 3.50. The zero-order valence-corrected chi connectivity index (χ0v) is 14.3. The lowest BCUT2D eigenvalue weighted by Gasteiger charge is -2.17. The Morgan fingerprint density at radius 1 is 1.23 bits per heavy atom. The molecule has 0 aliphatic carbocycles. The maximum Gasteiger partial charge on any atom is 0.306 e. The molecule has 1 atom stereocenters. The Kier molecular flexibility index (Phi) is 5.13. The van der Waals surface area contributed by atoms with Crippen LogP contribution in [0.3, 0.4) is 0 Å². The Hall–Kier alpha value is -3.00. The Labute approximate surface area is 148 Å². The van der Waals surface area contributed by atoms with E-state index in [0.717, 1.165) is 6.07 Å². The number of benzene rings is 1. The number of esters is 1. The van der Waals surface area contributed by atoms with E-state index in [4.69, 9.17) is 23.4 Å². The number of aromatic hydroxyl groups is 1. The molecule has 1 N–H and O–H groups in total. The largest absolute Gasteiger partial charge is 0.502 e. The summed E-state index contributed by atoms with van der Waals surface area (Å²) in [6, 6.07) is 6.23. The fourth-order valence-electron chi connectivity index (χ4n) is 2.75. The first kappa shape index (κ1) is 17.8. The third-order valence-electron chi connectivity index (χ3n) is 4.00. The van der Waals surface area contributed by atoms with Gasteiger partial charge in [-0.05, 0) is 17.7 Å². The van der Waals surface area contributed by atoms with Gasteiger partial charge < -0.3 is 28.5 Å². The molecule has 3 rings (SSSR count). The minimum atomic E-state index is -0.749. The molecular formula is C18H18O8. The number of ether oxygens (including phenoxy) is 4. The number of rotatable bonds is 6. The molecule has 0 saturated heterocycles. The normalized spacial score (nSPS) is 13.5. The number of carbonyl (C=O) groups is 1. The first-order chi connectivity index (χ1) is 12.5. The van der Waals surface area contributed by atoms with Crippen molar-refractivity contribution in [3.05, 3.63) is 51.6 Å². The lowest BCUT2D eigenvalue weighted by atomic mass is 9.92. The minimum Gasteiger partial charge on any atom is -0.502 e. The third-order valence-corrected chi connectivity index (χ3v) is 4.00. The van der Waals surface area contributed by atoms with E-state index >= 15 is 0 Å². The van der Waals surface area contributed by atoms with Crippen molar-refractivity contribution < 1.29 is 33.3 Å². The number of fused-ring (bicyclic) bond motifs is 1. The van der Waals surface area contributed by atoms with Gasteiger partial charge in [-0.2, -0.15) is 0 Å². The summed E-state index contributed by atoms with van der Waals surface area (Å²) in [6.45, 7) is 0.152. The van der Waals surface area contributed by atoms with Crippen LogP contribution in [0.5, 0.6) is 17.2 Å². The van der Waals surface area contributed by atoms with Crippen LogP contribution < -0.4 is 14.9 Å². The van der Waals surface area contributed by atoms with Gasteiger partial charge in [0.05, 0.1) is 19.4 Å². The van der Waals surface area contributed by atoms with Crippen LogP contribution in [-0.4, -0.2) is 32.1 Å². The van der Waals surface area contributed by atoms with Crippen molar-refractivity contribution in [2.24, 2.45) is 0 Å². The van der Waals surface area contributed by atoms with Gasteiger partial charge in [-0.15, -0.1) is 0 Å². The SMILES string of the molecule is COCc1cc(=O)c(O)c(C(CC(=O)OC)c2ccc3c(c2)OCO3)o1. The standard InChI is InChI=1S/C18H18O8/c1-22-8-11-6-13(19)17(21)18(26-11)12(7-16(20)23-2)10-3-4-14-15(5-10)25-9-24-14/h3-6,12,21H,7-9H2,1-2H3. The van der Waals surface area contributed by atoms with Crippen molar-refractivity contribution in [2.45, 2.75) is 18.9 Å². The first-order valence-electron chi connectivity index (χ1n) is 7.84. The molecule has 1 aromatic carbocycles. The van der Waals surface area contributed by atoms with Gasteiger partial charge in [-0.25, -0.2) is 0 Å². The summed E-state index contributed by atoms with van der Waals surface area (Å²) in [4.78, 5) is 24.0. The highest BCUT2D eigenvalue weighted by Gasteiger charge is 2.28. The molecule has 0 spiro atoms. The van der Waals surface area contributed by atoms with Crippen molar-refractivity contribution in [2.75, 3.05) is 21.0 Å². The summed E-state index contributed by atoms with van der Waals surface area (Å²) in [5.41, 5.74) is -0.0124. The van der Waals surface area contributed by atoms with Crippen LogP contribution in [0.15, 0.2) is 33.5 Å². The Balaban J connectivity index is 2.10. The highest BCUT2D eigenvalue weighted by atomic mass is 16.7. The van der Waals surface area contributed by atoms with Crippen molar-refractivity contribution in [1.82, 2.24) is 0 Å². The summed E-state index contributed by atoms with van der Waals surface area (Å²) in [5, 5.41) is 10.2. The molecule has 2 heterocycles. The second-order valence-electron chi connectivity index (χ2n) is 5.67. The number of hydrogen-bond acceptors (Lipinski definition) is 8. The lowest BCUT2D eigenvalue weighted by Crippen LogP contribution is -2.14. The minimum absolute atomic E-state index is 0.0335. The average molecular weight is 362 g/mol. The molecule has 26 heavy (non-hydrogen) atoms. The molecule has 1 unspecified atom stereocenters. The number of carbonyl (C=O) groups excluding carboxylic acids is 1. The monoisotopic (exact) mass is 362 g/mol. The second-order valence-corrected chi connectivity index (χ2v) is 5.67. The van der Waals surface area contributed by atoms with Gasteiger partial charge in [-0.3, -0.25) is 9.59 Å². The van der Waals surface area contributed by atoms with Crippen LogP contribution in [0.4, 0.5) is 0 Å². The fraction of sp³-hybridized carbons (Fsp3) is 0.333. The van der Waals surface area contributed by atoms with Crippen molar-refractivity contribution in [3.8, 4) is 17.2 Å². The predicted octanol–water partition coefficient (Wildman–Crippen LogP) is 1.92. The Morgan fingerprint density at radius 2 is 2.00 bits per heavy atom. The van der Waals surface area contributed by atoms with Crippen LogP contribution in [-0.2, 0) is 20.9 Å². The van der Waals surface area contributed by atoms with E-state index in [1.165, 1.54) is 14.2 Å². The lowest BCUT2D eigenvalue weighted by molar-refractivity contribution is -0.140. The molecule has 1 aliphatic rings. The van der Waals surface area contributed by atoms with Crippen molar-refractivity contribution in [3.63, 3.8) is 0 Å². The van der Waals surface area contributed by atoms with Crippen molar-refractivity contribution >= 4 is 5.97 Å². The van der Waals surface area contributed by atoms with Crippen LogP contribution >= 0.6 is 0 Å². The van der Waals surface area contributed by atoms with Crippen LogP contribution in [0, 0.1) is 0 Å². The molecule has 1 aromatic heterocycles. The van der Waals surface area contributed by atoms with E-state index in [-0.39, 0.29) is 31.3 Å². The summed E-state index contributed by atoms with van der Waals surface area (Å²) in [5.74, 6) is -0.545. The number of hydrogen-bond donors (Lipinski definition) is 1. The molecule has 8 nitrogen and oxygen atoms in total. The summed E-state index contributed by atoms with van der Waals surface area (Å²) in [6.07, 6.45) is -0.136.